The largest absolute Gasteiger partial charge is 0.381 e. The van der Waals surface area contributed by atoms with Crippen molar-refractivity contribution >= 4 is 20.4 Å². The minimum Gasteiger partial charge on any atom is -0.381 e. The van der Waals surface area contributed by atoms with Crippen LogP contribution in [0.1, 0.15) is 122 Å². The zero-order chi connectivity index (χ0) is 28.5. The zero-order valence-corrected chi connectivity index (χ0v) is 27.0. The predicted molar refractivity (Wildman–Crippen MR) is 167 cm³/mol. The Morgan fingerprint density at radius 3 is 1.39 bits per heavy atom. The van der Waals surface area contributed by atoms with Gasteiger partial charge >= 0.3 is 0 Å². The van der Waals surface area contributed by atoms with Crippen LogP contribution in [0.3, 0.4) is 0 Å². The monoisotopic (exact) mass is 576 g/mol. The first-order valence-corrected chi connectivity index (χ1v) is 19.2. The molecule has 5 nitrogen and oxygen atoms in total. The van der Waals surface area contributed by atoms with Gasteiger partial charge in [-0.3, -0.25) is 4.55 Å². The lowest BCUT2D eigenvalue weighted by molar-refractivity contribution is 0.118. The number of unbranched alkanes of at least 4 members (excludes halogenated alkanes) is 15. The van der Waals surface area contributed by atoms with Crippen LogP contribution in [-0.4, -0.2) is 51.6 Å². The fourth-order valence-electron chi connectivity index (χ4n) is 4.03. The molecule has 0 aliphatic rings. The molecule has 0 radical (unpaired) electrons. The Morgan fingerprint density at radius 1 is 0.605 bits per heavy atom. The Morgan fingerprint density at radius 2 is 1.00 bits per heavy atom. The van der Waals surface area contributed by atoms with E-state index in [1.807, 2.05) is 6.92 Å². The van der Waals surface area contributed by atoms with Crippen LogP contribution in [-0.2, 0) is 19.0 Å². The van der Waals surface area contributed by atoms with Gasteiger partial charge < -0.3 is 8.92 Å². The van der Waals surface area contributed by atoms with Crippen LogP contribution in [0.25, 0.3) is 0 Å². The van der Waals surface area contributed by atoms with E-state index in [1.165, 1.54) is 115 Å². The molecule has 7 heteroatoms. The third-order valence-corrected chi connectivity index (χ3v) is 8.07. The lowest BCUT2D eigenvalue weighted by atomic mass is 10.0. The lowest BCUT2D eigenvalue weighted by Gasteiger charge is -2.25. The van der Waals surface area contributed by atoms with E-state index in [2.05, 4.69) is 25.7 Å². The minimum atomic E-state index is -4.02. The summed E-state index contributed by atoms with van der Waals surface area (Å²) in [4.78, 5) is -0.0666. The molecule has 0 fully saturated rings. The van der Waals surface area contributed by atoms with Crippen LogP contribution in [0.15, 0.2) is 29.2 Å². The highest BCUT2D eigenvalue weighted by Gasteiger charge is 2.07. The standard InChI is InChI=1S/C24H52O2S.C7H8O3S/c1-5-6-7-8-9-10-11-12-13-14-15-16-17-18-19-20-22-25-23-21-24-26-27(2,3)4;1-6-2-4-7(5-3-6)11(8,9)10/h5-24H2,1-4H3;2-5H,1H3,(H,8,9,10). The maximum absolute atomic E-state index is 10.5. The molecule has 0 heterocycles. The first kappa shape index (κ1) is 37.4. The highest BCUT2D eigenvalue weighted by Crippen LogP contribution is 2.35. The van der Waals surface area contributed by atoms with E-state index in [0.29, 0.717) is 0 Å². The maximum atomic E-state index is 10.5. The average molecular weight is 577 g/mol. The Kier molecular flexibility index (Phi) is 23.8. The van der Waals surface area contributed by atoms with Crippen molar-refractivity contribution < 1.29 is 21.9 Å². The van der Waals surface area contributed by atoms with Crippen LogP contribution < -0.4 is 0 Å². The van der Waals surface area contributed by atoms with Gasteiger partial charge in [-0.1, -0.05) is 121 Å². The number of aryl methyl sites for hydroxylation is 1. The van der Waals surface area contributed by atoms with E-state index in [1.54, 1.807) is 12.1 Å². The zero-order valence-electron chi connectivity index (χ0n) is 25.3. The van der Waals surface area contributed by atoms with Gasteiger partial charge in [-0.15, -0.1) is 10.3 Å². The van der Waals surface area contributed by atoms with Crippen molar-refractivity contribution in [1.82, 2.24) is 0 Å². The second-order valence-corrected chi connectivity index (χ2v) is 16.2. The molecule has 0 atom stereocenters. The van der Waals surface area contributed by atoms with Crippen LogP contribution >= 0.6 is 10.3 Å². The Labute approximate surface area is 238 Å². The van der Waals surface area contributed by atoms with E-state index in [-0.39, 0.29) is 4.90 Å². The molecule has 0 aliphatic heterocycles. The van der Waals surface area contributed by atoms with Crippen LogP contribution in [0.5, 0.6) is 0 Å². The molecule has 0 spiro atoms. The molecule has 0 saturated heterocycles. The van der Waals surface area contributed by atoms with Crippen LogP contribution in [0, 0.1) is 6.92 Å². The molecule has 226 valence electrons. The van der Waals surface area contributed by atoms with E-state index >= 15 is 0 Å². The molecule has 1 aromatic carbocycles. The Hall–Kier alpha value is -0.600. The highest BCUT2D eigenvalue weighted by molar-refractivity contribution is 8.28. The molecule has 1 aromatic rings. The fourth-order valence-corrected chi connectivity index (χ4v) is 5.13. The quantitative estimate of drug-likeness (QED) is 0.104. The predicted octanol–water partition coefficient (Wildman–Crippen LogP) is 9.52. The molecule has 1 rings (SSSR count). The van der Waals surface area contributed by atoms with Crippen molar-refractivity contribution in [3.8, 4) is 0 Å². The van der Waals surface area contributed by atoms with E-state index in [9.17, 15) is 8.42 Å². The molecule has 0 aliphatic carbocycles. The molecule has 38 heavy (non-hydrogen) atoms. The molecular weight excluding hydrogens is 516 g/mol. The summed E-state index contributed by atoms with van der Waals surface area (Å²) in [5, 5.41) is 0. The summed E-state index contributed by atoms with van der Waals surface area (Å²) in [6, 6.07) is 5.99. The van der Waals surface area contributed by atoms with Crippen molar-refractivity contribution in [1.29, 1.82) is 0 Å². The molecule has 1 N–H and O–H groups in total. The van der Waals surface area contributed by atoms with Gasteiger partial charge in [-0.05, 0) is 50.7 Å². The Balaban J connectivity index is 0.00000103. The van der Waals surface area contributed by atoms with Crippen molar-refractivity contribution in [3.63, 3.8) is 0 Å². The van der Waals surface area contributed by atoms with E-state index in [4.69, 9.17) is 13.5 Å². The highest BCUT2D eigenvalue weighted by atomic mass is 32.3. The lowest BCUT2D eigenvalue weighted by Crippen LogP contribution is -2.04. The summed E-state index contributed by atoms with van der Waals surface area (Å²) in [6.07, 6.45) is 30.3. The number of rotatable bonds is 23. The smallest absolute Gasteiger partial charge is 0.294 e. The van der Waals surface area contributed by atoms with E-state index in [0.717, 1.165) is 31.8 Å². The van der Waals surface area contributed by atoms with Crippen molar-refractivity contribution in [2.24, 2.45) is 0 Å². The van der Waals surface area contributed by atoms with Crippen LogP contribution in [0.2, 0.25) is 0 Å². The SMILES string of the molecule is CCCCCCCCCCCCCCCCCCOCCCOS(C)(C)C.Cc1ccc(S(=O)(=O)O)cc1. The summed E-state index contributed by atoms with van der Waals surface area (Å²) >= 11 is 0. The summed E-state index contributed by atoms with van der Waals surface area (Å²) in [6.45, 7) is 6.77. The van der Waals surface area contributed by atoms with Gasteiger partial charge in [-0.25, -0.2) is 0 Å². The first-order valence-electron chi connectivity index (χ1n) is 15.0. The summed E-state index contributed by atoms with van der Waals surface area (Å²) in [7, 11) is -4.82. The molecule has 0 amide bonds. The molecule has 0 bridgehead atoms. The van der Waals surface area contributed by atoms with Gasteiger partial charge in [0.2, 0.25) is 0 Å². The van der Waals surface area contributed by atoms with Crippen molar-refractivity contribution in [2.75, 3.05) is 38.6 Å². The van der Waals surface area contributed by atoms with E-state index < -0.39 is 20.4 Å². The average Bonchev–Trinajstić information content (AvgIpc) is 2.84. The van der Waals surface area contributed by atoms with Gasteiger partial charge in [0.1, 0.15) is 0 Å². The Bertz CT molecular complexity index is 743. The number of hydrogen-bond acceptors (Lipinski definition) is 4. The van der Waals surface area contributed by atoms with Gasteiger partial charge in [-0.2, -0.15) is 8.42 Å². The van der Waals surface area contributed by atoms with Gasteiger partial charge in [0.05, 0.1) is 11.5 Å². The summed E-state index contributed by atoms with van der Waals surface area (Å²) < 4.78 is 41.0. The van der Waals surface area contributed by atoms with Gasteiger partial charge in [0, 0.05) is 13.2 Å². The number of ether oxygens (including phenoxy) is 1. The first-order chi connectivity index (χ1) is 18.1. The second kappa shape index (κ2) is 24.2. The van der Waals surface area contributed by atoms with Crippen molar-refractivity contribution in [3.05, 3.63) is 29.8 Å². The third-order valence-electron chi connectivity index (χ3n) is 6.33. The molecule has 0 aromatic heterocycles. The fraction of sp³-hybridized carbons (Fsp3) is 0.806. The van der Waals surface area contributed by atoms with Gasteiger partial charge in [0.15, 0.2) is 0 Å². The van der Waals surface area contributed by atoms with Crippen molar-refractivity contribution in [2.45, 2.75) is 128 Å². The minimum absolute atomic E-state index is 0.0666. The normalized spacial score (nSPS) is 12.3. The second-order valence-electron chi connectivity index (χ2n) is 11.1. The molecular formula is C31H60O5S2. The third kappa shape index (κ3) is 27.0. The van der Waals surface area contributed by atoms with Gasteiger partial charge in [0.25, 0.3) is 10.1 Å². The molecule has 0 saturated carbocycles. The number of benzene rings is 1. The summed E-state index contributed by atoms with van der Waals surface area (Å²) in [5.74, 6) is 0. The number of hydrogen-bond donors (Lipinski definition) is 1. The molecule has 0 unspecified atom stereocenters. The maximum Gasteiger partial charge on any atom is 0.294 e. The summed E-state index contributed by atoms with van der Waals surface area (Å²) in [5.41, 5.74) is 0.956. The topological polar surface area (TPSA) is 72.8 Å². The van der Waals surface area contributed by atoms with Crippen LogP contribution in [0.4, 0.5) is 0 Å².